The molecular weight excluding hydrogens is 200 g/mol. The second-order valence-corrected chi connectivity index (χ2v) is 3.40. The minimum absolute atomic E-state index is 0.731. The van der Waals surface area contributed by atoms with E-state index in [1.807, 2.05) is 18.2 Å². The molecule has 0 heterocycles. The summed E-state index contributed by atoms with van der Waals surface area (Å²) in [5.74, 6) is 0. The zero-order valence-corrected chi connectivity index (χ0v) is 8.77. The van der Waals surface area contributed by atoms with Gasteiger partial charge in [-0.2, -0.15) is 0 Å². The van der Waals surface area contributed by atoms with Crippen LogP contribution >= 0.6 is 0 Å². The van der Waals surface area contributed by atoms with Crippen molar-refractivity contribution in [2.75, 3.05) is 13.1 Å². The fraction of sp³-hybridized carbons (Fsp3) is 0.300. The van der Waals surface area contributed by atoms with Crippen molar-refractivity contribution in [2.24, 2.45) is 5.73 Å². The van der Waals surface area contributed by atoms with Crippen LogP contribution in [0.3, 0.4) is 0 Å². The standard InChI is InChI=1S/C10H14N2.Cr/c11-7-4-8-12-9-10-5-2-1-3-6-10;/h1-3,5-6,12H,4,7-8,11H2;. The fourth-order valence-corrected chi connectivity index (χ4v) is 1.37. The van der Waals surface area contributed by atoms with Crippen LogP contribution < -0.4 is 11.1 Å². The summed E-state index contributed by atoms with van der Waals surface area (Å²) >= 11 is 3.02. The monoisotopic (exact) mass is 214 g/mol. The number of benzene rings is 1. The van der Waals surface area contributed by atoms with Gasteiger partial charge in [-0.1, -0.05) is 0 Å². The second kappa shape index (κ2) is 6.07. The Balaban J connectivity index is 2.40. The van der Waals surface area contributed by atoms with Crippen molar-refractivity contribution >= 4 is 4.50 Å². The van der Waals surface area contributed by atoms with Crippen molar-refractivity contribution in [1.29, 1.82) is 0 Å². The van der Waals surface area contributed by atoms with Crippen LogP contribution in [0.4, 0.5) is 0 Å². The van der Waals surface area contributed by atoms with Crippen LogP contribution in [0, 0.1) is 0 Å². The topological polar surface area (TPSA) is 38.0 Å². The van der Waals surface area contributed by atoms with Crippen molar-refractivity contribution in [2.45, 2.75) is 6.42 Å². The van der Waals surface area contributed by atoms with E-state index in [1.54, 1.807) is 0 Å². The predicted octanol–water partition coefficient (Wildman–Crippen LogP) is 0.650. The third-order valence-corrected chi connectivity index (χ3v) is 2.30. The van der Waals surface area contributed by atoms with Crippen LogP contribution in [0.25, 0.3) is 0 Å². The fourth-order valence-electron chi connectivity index (χ4n) is 0.996. The zero-order chi connectivity index (χ0) is 9.52. The van der Waals surface area contributed by atoms with Crippen LogP contribution in [0.15, 0.2) is 30.3 Å². The van der Waals surface area contributed by atoms with Gasteiger partial charge in [0.2, 0.25) is 0 Å². The van der Waals surface area contributed by atoms with Crippen molar-refractivity contribution in [3.8, 4) is 0 Å². The molecule has 0 bridgehead atoms. The summed E-state index contributed by atoms with van der Waals surface area (Å²) in [5.41, 5.74) is 6.59. The van der Waals surface area contributed by atoms with Crippen molar-refractivity contribution in [3.05, 3.63) is 35.9 Å². The minimum atomic E-state index is 0.731. The summed E-state index contributed by atoms with van der Waals surface area (Å²) < 4.78 is 1.09. The normalized spacial score (nSPS) is 9.92. The average molecular weight is 214 g/mol. The molecule has 0 spiro atoms. The molecule has 1 rings (SSSR count). The summed E-state index contributed by atoms with van der Waals surface area (Å²) in [6.45, 7) is 1.66. The van der Waals surface area contributed by atoms with Gasteiger partial charge < -0.3 is 0 Å². The maximum atomic E-state index is 5.39. The SMILES string of the molecule is NCCCN[C](=[Cr])c1ccccc1. The summed E-state index contributed by atoms with van der Waals surface area (Å²) in [4.78, 5) is 0. The Hall–Kier alpha value is -0.458. The molecule has 0 atom stereocenters. The Morgan fingerprint density at radius 3 is 2.62 bits per heavy atom. The Morgan fingerprint density at radius 1 is 1.31 bits per heavy atom. The average Bonchev–Trinajstić information content (AvgIpc) is 2.19. The van der Waals surface area contributed by atoms with E-state index >= 15 is 0 Å². The molecule has 1 aromatic carbocycles. The van der Waals surface area contributed by atoms with Crippen molar-refractivity contribution in [1.82, 2.24) is 5.32 Å². The first-order valence-corrected chi connectivity index (χ1v) is 5.01. The van der Waals surface area contributed by atoms with Gasteiger partial charge in [-0.15, -0.1) is 0 Å². The van der Waals surface area contributed by atoms with E-state index in [0.717, 1.165) is 24.0 Å². The van der Waals surface area contributed by atoms with E-state index in [2.05, 4.69) is 33.3 Å². The Kier molecular flexibility index (Phi) is 4.96. The van der Waals surface area contributed by atoms with E-state index in [-0.39, 0.29) is 0 Å². The van der Waals surface area contributed by atoms with Crippen molar-refractivity contribution < 1.29 is 15.9 Å². The molecule has 13 heavy (non-hydrogen) atoms. The van der Waals surface area contributed by atoms with Crippen LogP contribution in [0.2, 0.25) is 0 Å². The molecule has 2 nitrogen and oxygen atoms in total. The Morgan fingerprint density at radius 2 is 2.00 bits per heavy atom. The molecule has 1 aromatic rings. The van der Waals surface area contributed by atoms with Gasteiger partial charge in [-0.05, 0) is 0 Å². The van der Waals surface area contributed by atoms with E-state index < -0.39 is 0 Å². The van der Waals surface area contributed by atoms with Gasteiger partial charge in [0.1, 0.15) is 0 Å². The first kappa shape index (κ1) is 10.6. The molecule has 3 heteroatoms. The first-order valence-electron chi connectivity index (χ1n) is 4.38. The van der Waals surface area contributed by atoms with E-state index in [4.69, 9.17) is 5.73 Å². The zero-order valence-electron chi connectivity index (χ0n) is 7.49. The number of hydrogen-bond acceptors (Lipinski definition) is 2. The predicted molar refractivity (Wildman–Crippen MR) is 52.2 cm³/mol. The molecule has 0 amide bonds. The molecule has 0 saturated carbocycles. The molecule has 3 N–H and O–H groups in total. The summed E-state index contributed by atoms with van der Waals surface area (Å²) in [7, 11) is 0. The van der Waals surface area contributed by atoms with Crippen LogP contribution in [0.1, 0.15) is 12.0 Å². The van der Waals surface area contributed by atoms with Crippen molar-refractivity contribution in [3.63, 3.8) is 0 Å². The van der Waals surface area contributed by atoms with Crippen LogP contribution in [0.5, 0.6) is 0 Å². The van der Waals surface area contributed by atoms with Gasteiger partial charge >= 0.3 is 86.8 Å². The van der Waals surface area contributed by atoms with Gasteiger partial charge in [-0.25, -0.2) is 0 Å². The molecule has 0 fully saturated rings. The van der Waals surface area contributed by atoms with E-state index in [1.165, 1.54) is 5.56 Å². The first-order chi connectivity index (χ1) is 6.34. The molecule has 0 aliphatic carbocycles. The molecule has 0 aliphatic heterocycles. The molecule has 70 valence electrons. The molecule has 0 unspecified atom stereocenters. The van der Waals surface area contributed by atoms with Gasteiger partial charge in [0, 0.05) is 0 Å². The molecule has 0 saturated heterocycles. The van der Waals surface area contributed by atoms with Crippen LogP contribution in [-0.2, 0) is 15.9 Å². The molecular formula is C10H14CrN2. The van der Waals surface area contributed by atoms with E-state index in [0.29, 0.717) is 0 Å². The quantitative estimate of drug-likeness (QED) is 0.706. The number of nitrogens with two attached hydrogens (primary N) is 1. The second-order valence-electron chi connectivity index (χ2n) is 2.76. The summed E-state index contributed by atoms with van der Waals surface area (Å²) in [5, 5.41) is 3.28. The van der Waals surface area contributed by atoms with Crippen LogP contribution in [-0.4, -0.2) is 17.6 Å². The third kappa shape index (κ3) is 3.84. The van der Waals surface area contributed by atoms with E-state index in [9.17, 15) is 0 Å². The molecule has 0 aromatic heterocycles. The van der Waals surface area contributed by atoms with Gasteiger partial charge in [0.05, 0.1) is 0 Å². The number of rotatable bonds is 5. The molecule has 0 radical (unpaired) electrons. The Bertz CT molecular complexity index is 259. The number of hydrogen-bond donors (Lipinski definition) is 2. The Labute approximate surface area is 87.1 Å². The van der Waals surface area contributed by atoms with Gasteiger partial charge in [-0.3, -0.25) is 0 Å². The van der Waals surface area contributed by atoms with Gasteiger partial charge in [0.15, 0.2) is 0 Å². The third-order valence-electron chi connectivity index (χ3n) is 1.70. The van der Waals surface area contributed by atoms with Gasteiger partial charge in [0.25, 0.3) is 0 Å². The summed E-state index contributed by atoms with van der Waals surface area (Å²) in [6.07, 6.45) is 0.998. The summed E-state index contributed by atoms with van der Waals surface area (Å²) in [6, 6.07) is 10.2. The molecule has 0 aliphatic rings. The maximum absolute atomic E-state index is 5.39. The number of nitrogens with one attached hydrogen (secondary N) is 1.